The number of halogens is 6. The zero-order valence-electron chi connectivity index (χ0n) is 14.4. The summed E-state index contributed by atoms with van der Waals surface area (Å²) in [4.78, 5) is 0. The van der Waals surface area contributed by atoms with Crippen LogP contribution in [0.25, 0.3) is 11.1 Å². The van der Waals surface area contributed by atoms with Crippen LogP contribution in [-0.4, -0.2) is 6.18 Å². The molecule has 3 rings (SSSR count). The molecule has 0 unspecified atom stereocenters. The van der Waals surface area contributed by atoms with Gasteiger partial charge in [0.2, 0.25) is 0 Å². The normalized spacial score (nSPS) is 13.2. The van der Waals surface area contributed by atoms with Gasteiger partial charge in [-0.25, -0.2) is 0 Å². The molecular formula is C22H14F6. The molecule has 0 spiro atoms. The van der Waals surface area contributed by atoms with Crippen molar-refractivity contribution in [2.45, 2.75) is 12.4 Å². The molecule has 0 amide bonds. The first-order valence-electron chi connectivity index (χ1n) is 8.28. The van der Waals surface area contributed by atoms with Crippen LogP contribution in [0.2, 0.25) is 0 Å². The summed E-state index contributed by atoms with van der Waals surface area (Å²) in [5.41, 5.74) is -2.39. The molecule has 0 saturated heterocycles. The van der Waals surface area contributed by atoms with Crippen LogP contribution < -0.4 is 0 Å². The van der Waals surface area contributed by atoms with Crippen LogP contribution in [0.3, 0.4) is 0 Å². The second-order valence-electron chi connectivity index (χ2n) is 6.06. The lowest BCUT2D eigenvalue weighted by Crippen LogP contribution is -2.14. The van der Waals surface area contributed by atoms with E-state index in [1.54, 1.807) is 24.3 Å². The molecule has 0 aliphatic carbocycles. The Labute approximate surface area is 157 Å². The molecule has 0 saturated carbocycles. The van der Waals surface area contributed by atoms with Crippen molar-refractivity contribution >= 4 is 11.1 Å². The van der Waals surface area contributed by atoms with Crippen molar-refractivity contribution in [3.63, 3.8) is 0 Å². The maximum absolute atomic E-state index is 14.1. The van der Waals surface area contributed by atoms with E-state index in [4.69, 9.17) is 0 Å². The number of hydrogen-bond acceptors (Lipinski definition) is 0. The number of allylic oxidation sites excluding steroid dienone is 1. The molecule has 0 fully saturated rings. The Kier molecular flexibility index (Phi) is 5.31. The van der Waals surface area contributed by atoms with Crippen LogP contribution in [-0.2, 0) is 6.18 Å². The largest absolute Gasteiger partial charge is 0.417 e. The van der Waals surface area contributed by atoms with E-state index in [1.807, 2.05) is 0 Å². The molecule has 0 atom stereocenters. The summed E-state index contributed by atoms with van der Waals surface area (Å²) in [7, 11) is 0. The maximum atomic E-state index is 14.1. The second kappa shape index (κ2) is 7.54. The van der Waals surface area contributed by atoms with Crippen molar-refractivity contribution < 1.29 is 26.3 Å². The van der Waals surface area contributed by atoms with Crippen molar-refractivity contribution in [3.8, 4) is 0 Å². The summed E-state index contributed by atoms with van der Waals surface area (Å²) in [6, 6.07) is 18.6. The van der Waals surface area contributed by atoms with Gasteiger partial charge in [-0.05, 0) is 28.8 Å². The summed E-state index contributed by atoms with van der Waals surface area (Å²) in [5, 5.41) is 0. The first-order valence-corrected chi connectivity index (χ1v) is 8.28. The molecule has 0 bridgehead atoms. The minimum atomic E-state index is -4.78. The van der Waals surface area contributed by atoms with Gasteiger partial charge in [0, 0.05) is 5.57 Å². The van der Waals surface area contributed by atoms with Crippen molar-refractivity contribution in [2.75, 3.05) is 0 Å². The van der Waals surface area contributed by atoms with Gasteiger partial charge in [0.15, 0.2) is 0 Å². The molecule has 3 aromatic carbocycles. The fraction of sp³-hybridized carbons (Fsp3) is 0.0909. The Morgan fingerprint density at radius 3 is 1.54 bits per heavy atom. The lowest BCUT2D eigenvalue weighted by Gasteiger charge is -2.20. The summed E-state index contributed by atoms with van der Waals surface area (Å²) in [5.74, 6) is 0. The van der Waals surface area contributed by atoms with E-state index in [2.05, 4.69) is 0 Å². The summed E-state index contributed by atoms with van der Waals surface area (Å²) in [6.45, 7) is 0. The topological polar surface area (TPSA) is 0 Å². The fourth-order valence-electron chi connectivity index (χ4n) is 2.97. The molecule has 0 nitrogen and oxygen atoms in total. The van der Waals surface area contributed by atoms with Gasteiger partial charge in [0.25, 0.3) is 0 Å². The Morgan fingerprint density at radius 2 is 1.04 bits per heavy atom. The van der Waals surface area contributed by atoms with Crippen LogP contribution in [0.4, 0.5) is 26.3 Å². The Morgan fingerprint density at radius 1 is 0.536 bits per heavy atom. The SMILES string of the molecule is FC(F)(F)/C(=C(\c1ccccc1)c1cccc(C(F)(F)F)c1)c1ccccc1. The van der Waals surface area contributed by atoms with E-state index in [0.29, 0.717) is 0 Å². The average Bonchev–Trinajstić information content (AvgIpc) is 2.66. The van der Waals surface area contributed by atoms with Crippen LogP contribution in [0, 0.1) is 0 Å². The zero-order valence-corrected chi connectivity index (χ0v) is 14.4. The molecule has 28 heavy (non-hydrogen) atoms. The van der Waals surface area contributed by atoms with Crippen LogP contribution >= 0.6 is 0 Å². The minimum absolute atomic E-state index is 0.119. The van der Waals surface area contributed by atoms with E-state index in [-0.39, 0.29) is 22.3 Å². The fourth-order valence-corrected chi connectivity index (χ4v) is 2.97. The molecule has 144 valence electrons. The predicted octanol–water partition coefficient (Wildman–Crippen LogP) is 7.23. The first kappa shape index (κ1) is 19.7. The van der Waals surface area contributed by atoms with Crippen LogP contribution in [0.5, 0.6) is 0 Å². The van der Waals surface area contributed by atoms with E-state index < -0.39 is 23.5 Å². The Hall–Kier alpha value is -3.02. The van der Waals surface area contributed by atoms with Gasteiger partial charge in [-0.3, -0.25) is 0 Å². The summed E-state index contributed by atoms with van der Waals surface area (Å²) < 4.78 is 81.7. The minimum Gasteiger partial charge on any atom is -0.166 e. The number of benzene rings is 3. The molecular weight excluding hydrogens is 378 g/mol. The smallest absolute Gasteiger partial charge is 0.166 e. The number of rotatable bonds is 3. The van der Waals surface area contributed by atoms with E-state index in [9.17, 15) is 26.3 Å². The zero-order chi connectivity index (χ0) is 20.4. The van der Waals surface area contributed by atoms with Gasteiger partial charge in [0.05, 0.1) is 11.1 Å². The third kappa shape index (κ3) is 4.27. The Balaban J connectivity index is 2.39. The highest BCUT2D eigenvalue weighted by Crippen LogP contribution is 2.43. The molecule has 0 N–H and O–H groups in total. The van der Waals surface area contributed by atoms with Gasteiger partial charge < -0.3 is 0 Å². The highest BCUT2D eigenvalue weighted by atomic mass is 19.4. The summed E-state index contributed by atoms with van der Waals surface area (Å²) >= 11 is 0. The lowest BCUT2D eigenvalue weighted by atomic mass is 9.88. The average molecular weight is 392 g/mol. The van der Waals surface area contributed by atoms with Gasteiger partial charge in [0.1, 0.15) is 0 Å². The summed E-state index contributed by atoms with van der Waals surface area (Å²) in [6.07, 6.45) is -9.44. The molecule has 3 aromatic rings. The molecule has 0 aromatic heterocycles. The molecule has 6 heteroatoms. The monoisotopic (exact) mass is 392 g/mol. The highest BCUT2D eigenvalue weighted by Gasteiger charge is 2.38. The third-order valence-electron chi connectivity index (χ3n) is 4.14. The van der Waals surface area contributed by atoms with E-state index >= 15 is 0 Å². The Bertz CT molecular complexity index is 967. The third-order valence-corrected chi connectivity index (χ3v) is 4.14. The lowest BCUT2D eigenvalue weighted by molar-refractivity contribution is -0.137. The van der Waals surface area contributed by atoms with Crippen LogP contribution in [0.1, 0.15) is 22.3 Å². The van der Waals surface area contributed by atoms with Crippen molar-refractivity contribution in [1.29, 1.82) is 0 Å². The van der Waals surface area contributed by atoms with Gasteiger partial charge in [-0.1, -0.05) is 72.8 Å². The highest BCUT2D eigenvalue weighted by molar-refractivity contribution is 6.00. The van der Waals surface area contributed by atoms with Gasteiger partial charge in [-0.2, -0.15) is 26.3 Å². The van der Waals surface area contributed by atoms with Crippen molar-refractivity contribution in [2.24, 2.45) is 0 Å². The second-order valence-corrected chi connectivity index (χ2v) is 6.06. The predicted molar refractivity (Wildman–Crippen MR) is 96.3 cm³/mol. The van der Waals surface area contributed by atoms with Gasteiger partial charge in [-0.15, -0.1) is 0 Å². The molecule has 0 radical (unpaired) electrons. The first-order chi connectivity index (χ1) is 13.2. The molecule has 0 aliphatic heterocycles. The quantitative estimate of drug-likeness (QED) is 0.326. The van der Waals surface area contributed by atoms with E-state index in [1.165, 1.54) is 42.5 Å². The van der Waals surface area contributed by atoms with E-state index in [0.717, 1.165) is 18.2 Å². The maximum Gasteiger partial charge on any atom is 0.417 e. The number of hydrogen-bond donors (Lipinski definition) is 0. The number of alkyl halides is 6. The molecule has 0 aliphatic rings. The molecule has 0 heterocycles. The van der Waals surface area contributed by atoms with Crippen molar-refractivity contribution in [1.82, 2.24) is 0 Å². The van der Waals surface area contributed by atoms with Crippen LogP contribution in [0.15, 0.2) is 84.9 Å². The van der Waals surface area contributed by atoms with Gasteiger partial charge >= 0.3 is 12.4 Å². The van der Waals surface area contributed by atoms with Crippen molar-refractivity contribution in [3.05, 3.63) is 107 Å². The standard InChI is InChI=1S/C22H14F6/c23-21(24,25)18-13-7-12-17(14-18)19(15-8-3-1-4-9-15)20(22(26,27)28)16-10-5-2-6-11-16/h1-14H/b20-19+.